The predicted molar refractivity (Wildman–Crippen MR) is 91.1 cm³/mol. The van der Waals surface area contributed by atoms with Crippen molar-refractivity contribution >= 4 is 33.8 Å². The molecule has 1 aliphatic heterocycles. The van der Waals surface area contributed by atoms with Crippen molar-refractivity contribution in [2.24, 2.45) is 5.92 Å². The van der Waals surface area contributed by atoms with E-state index in [1.807, 2.05) is 0 Å². The quantitative estimate of drug-likeness (QED) is 0.754. The van der Waals surface area contributed by atoms with Crippen LogP contribution in [0.1, 0.15) is 18.4 Å². The van der Waals surface area contributed by atoms with E-state index in [9.17, 15) is 14.0 Å². The second-order valence-electron chi connectivity index (χ2n) is 5.83. The highest BCUT2D eigenvalue weighted by Gasteiger charge is 2.27. The molecule has 0 bridgehead atoms. The molecule has 0 spiro atoms. The average molecular weight is 383 g/mol. The molecule has 0 saturated carbocycles. The van der Waals surface area contributed by atoms with E-state index in [4.69, 9.17) is 0 Å². The molecular weight excluding hydrogens is 363 g/mol. The number of carbonyl (C=O) groups is 2. The molecule has 1 heterocycles. The van der Waals surface area contributed by atoms with Gasteiger partial charge < -0.3 is 9.80 Å². The molecule has 6 heteroatoms. The first kappa shape index (κ1) is 17.7. The van der Waals surface area contributed by atoms with Crippen LogP contribution in [0.15, 0.2) is 28.7 Å². The van der Waals surface area contributed by atoms with Crippen molar-refractivity contribution in [3.63, 3.8) is 0 Å². The lowest BCUT2D eigenvalue weighted by atomic mass is 9.95. The van der Waals surface area contributed by atoms with Crippen molar-refractivity contribution in [3.05, 3.63) is 40.1 Å². The van der Waals surface area contributed by atoms with Gasteiger partial charge in [0.15, 0.2) is 0 Å². The Bertz CT molecular complexity index is 623. The van der Waals surface area contributed by atoms with E-state index in [1.165, 1.54) is 18.2 Å². The third-order valence-corrected chi connectivity index (χ3v) is 4.45. The summed E-state index contributed by atoms with van der Waals surface area (Å²) < 4.78 is 14.4. The van der Waals surface area contributed by atoms with Crippen molar-refractivity contribution in [3.8, 4) is 0 Å². The summed E-state index contributed by atoms with van der Waals surface area (Å²) in [6, 6.07) is 4.59. The first-order valence-corrected chi connectivity index (χ1v) is 8.31. The first-order valence-electron chi connectivity index (χ1n) is 7.51. The zero-order valence-electron chi connectivity index (χ0n) is 13.3. The Morgan fingerprint density at radius 3 is 2.57 bits per heavy atom. The van der Waals surface area contributed by atoms with Crippen LogP contribution in [0.2, 0.25) is 0 Å². The summed E-state index contributed by atoms with van der Waals surface area (Å²) in [5.41, 5.74) is 0.366. The number of benzene rings is 1. The van der Waals surface area contributed by atoms with Crippen LogP contribution < -0.4 is 0 Å². The zero-order chi connectivity index (χ0) is 17.0. The van der Waals surface area contributed by atoms with Gasteiger partial charge in [0.05, 0.1) is 0 Å². The summed E-state index contributed by atoms with van der Waals surface area (Å²) in [7, 11) is 3.49. The first-order chi connectivity index (χ1) is 10.9. The highest BCUT2D eigenvalue weighted by atomic mass is 79.9. The Hall–Kier alpha value is -1.69. The third-order valence-electron chi connectivity index (χ3n) is 3.96. The van der Waals surface area contributed by atoms with Gasteiger partial charge in [0.2, 0.25) is 11.8 Å². The van der Waals surface area contributed by atoms with Gasteiger partial charge in [-0.3, -0.25) is 9.59 Å². The van der Waals surface area contributed by atoms with Crippen LogP contribution in [0.25, 0.3) is 6.08 Å². The summed E-state index contributed by atoms with van der Waals surface area (Å²) in [5, 5.41) is 0. The number of halogens is 2. The Labute approximate surface area is 144 Å². The molecule has 1 fully saturated rings. The minimum Gasteiger partial charge on any atom is -0.349 e. The molecule has 1 saturated heterocycles. The van der Waals surface area contributed by atoms with E-state index in [2.05, 4.69) is 15.9 Å². The van der Waals surface area contributed by atoms with Gasteiger partial charge in [0, 0.05) is 49.2 Å². The number of hydrogen-bond donors (Lipinski definition) is 0. The molecule has 124 valence electrons. The lowest BCUT2D eigenvalue weighted by molar-refractivity contribution is -0.137. The minimum atomic E-state index is -0.368. The van der Waals surface area contributed by atoms with Crippen LogP contribution in [-0.2, 0) is 9.59 Å². The van der Waals surface area contributed by atoms with Crippen LogP contribution in [0, 0.1) is 11.7 Å². The van der Waals surface area contributed by atoms with Gasteiger partial charge in [-0.1, -0.05) is 15.9 Å². The van der Waals surface area contributed by atoms with Gasteiger partial charge >= 0.3 is 0 Å². The Morgan fingerprint density at radius 1 is 1.30 bits per heavy atom. The van der Waals surface area contributed by atoms with E-state index < -0.39 is 0 Å². The van der Waals surface area contributed by atoms with Crippen LogP contribution >= 0.6 is 15.9 Å². The van der Waals surface area contributed by atoms with Gasteiger partial charge in [-0.15, -0.1) is 0 Å². The van der Waals surface area contributed by atoms with Crippen molar-refractivity contribution in [2.45, 2.75) is 12.8 Å². The molecule has 1 aromatic rings. The van der Waals surface area contributed by atoms with Crippen LogP contribution in [0.5, 0.6) is 0 Å². The lowest BCUT2D eigenvalue weighted by Crippen LogP contribution is -2.42. The molecular formula is C17H20BrFN2O2. The largest absolute Gasteiger partial charge is 0.349 e. The SMILES string of the molecule is CN(C)C(=O)C1CCN(C(=O)C=Cc2cc(Br)ccc2F)CC1. The molecule has 2 amide bonds. The topological polar surface area (TPSA) is 40.6 Å². The molecule has 0 N–H and O–H groups in total. The van der Waals surface area contributed by atoms with Crippen LogP contribution in [-0.4, -0.2) is 48.8 Å². The van der Waals surface area contributed by atoms with E-state index in [0.29, 0.717) is 31.5 Å². The fourth-order valence-corrected chi connectivity index (χ4v) is 3.00. The van der Waals surface area contributed by atoms with Gasteiger partial charge in [-0.25, -0.2) is 4.39 Å². The molecule has 1 aromatic carbocycles. The number of piperidine rings is 1. The average Bonchev–Trinajstić information content (AvgIpc) is 2.54. The summed E-state index contributed by atoms with van der Waals surface area (Å²) in [4.78, 5) is 27.4. The van der Waals surface area contributed by atoms with E-state index in [0.717, 1.165) is 4.47 Å². The maximum Gasteiger partial charge on any atom is 0.246 e. The summed E-state index contributed by atoms with van der Waals surface area (Å²) >= 11 is 3.28. The van der Waals surface area contributed by atoms with E-state index >= 15 is 0 Å². The van der Waals surface area contributed by atoms with Gasteiger partial charge in [0.1, 0.15) is 5.82 Å². The van der Waals surface area contributed by atoms with Crippen LogP contribution in [0.4, 0.5) is 4.39 Å². The number of likely N-dealkylation sites (tertiary alicyclic amines) is 1. The minimum absolute atomic E-state index is 0.0134. The second kappa shape index (κ2) is 7.73. The van der Waals surface area contributed by atoms with Crippen LogP contribution in [0.3, 0.4) is 0 Å². The summed E-state index contributed by atoms with van der Waals surface area (Å²) in [6.45, 7) is 1.10. The summed E-state index contributed by atoms with van der Waals surface area (Å²) in [5.74, 6) is -0.419. The lowest BCUT2D eigenvalue weighted by Gasteiger charge is -2.31. The van der Waals surface area contributed by atoms with Gasteiger partial charge in [0.25, 0.3) is 0 Å². The highest BCUT2D eigenvalue weighted by molar-refractivity contribution is 9.10. The standard InChI is InChI=1S/C17H20BrFN2O2/c1-20(2)17(23)12-7-9-21(10-8-12)16(22)6-3-13-11-14(18)4-5-15(13)19/h3-6,11-12H,7-10H2,1-2H3. The second-order valence-corrected chi connectivity index (χ2v) is 6.75. The molecule has 0 aromatic heterocycles. The fourth-order valence-electron chi connectivity index (χ4n) is 2.62. The maximum absolute atomic E-state index is 13.6. The summed E-state index contributed by atoms with van der Waals surface area (Å²) in [6.07, 6.45) is 4.21. The molecule has 0 unspecified atom stereocenters. The molecule has 23 heavy (non-hydrogen) atoms. The van der Waals surface area contributed by atoms with E-state index in [1.54, 1.807) is 36.0 Å². The normalized spacial score (nSPS) is 15.9. The maximum atomic E-state index is 13.6. The number of rotatable bonds is 3. The molecule has 2 rings (SSSR count). The van der Waals surface area contributed by atoms with Crippen molar-refractivity contribution in [1.29, 1.82) is 0 Å². The third kappa shape index (κ3) is 4.64. The van der Waals surface area contributed by atoms with Gasteiger partial charge in [-0.2, -0.15) is 0 Å². The van der Waals surface area contributed by atoms with E-state index in [-0.39, 0.29) is 23.5 Å². The predicted octanol–water partition coefficient (Wildman–Crippen LogP) is 2.93. The molecule has 1 aliphatic rings. The van der Waals surface area contributed by atoms with Crippen molar-refractivity contribution in [1.82, 2.24) is 9.80 Å². The monoisotopic (exact) mass is 382 g/mol. The Balaban J connectivity index is 1.94. The van der Waals surface area contributed by atoms with Crippen molar-refractivity contribution in [2.75, 3.05) is 27.2 Å². The number of hydrogen-bond acceptors (Lipinski definition) is 2. The molecule has 0 atom stereocenters. The van der Waals surface area contributed by atoms with Gasteiger partial charge in [-0.05, 0) is 37.1 Å². The zero-order valence-corrected chi connectivity index (χ0v) is 14.8. The number of carbonyl (C=O) groups excluding carboxylic acids is 2. The molecule has 0 radical (unpaired) electrons. The fraction of sp³-hybridized carbons (Fsp3) is 0.412. The molecule has 0 aliphatic carbocycles. The Kier molecular flexibility index (Phi) is 5.93. The molecule has 4 nitrogen and oxygen atoms in total. The Morgan fingerprint density at radius 2 is 1.96 bits per heavy atom. The number of amides is 2. The smallest absolute Gasteiger partial charge is 0.246 e. The number of nitrogens with zero attached hydrogens (tertiary/aromatic N) is 2. The highest BCUT2D eigenvalue weighted by Crippen LogP contribution is 2.20. The van der Waals surface area contributed by atoms with Crippen molar-refractivity contribution < 1.29 is 14.0 Å².